The van der Waals surface area contributed by atoms with Gasteiger partial charge in [-0.15, -0.1) is 0 Å². The van der Waals surface area contributed by atoms with Gasteiger partial charge in [-0.2, -0.15) is 0 Å². The first-order chi connectivity index (χ1) is 11.1. The van der Waals surface area contributed by atoms with Crippen LogP contribution in [0.2, 0.25) is 5.02 Å². The second-order valence-corrected chi connectivity index (χ2v) is 5.52. The lowest BCUT2D eigenvalue weighted by atomic mass is 10.0. The molecule has 3 rings (SSSR count). The molecular weight excluding hydrogens is 314 g/mol. The molecule has 1 aromatic carbocycles. The molecule has 1 unspecified atom stereocenters. The quantitative estimate of drug-likeness (QED) is 0.753. The van der Waals surface area contributed by atoms with E-state index in [0.29, 0.717) is 16.2 Å². The van der Waals surface area contributed by atoms with Gasteiger partial charge in [0.1, 0.15) is 0 Å². The van der Waals surface area contributed by atoms with Gasteiger partial charge in [0.05, 0.1) is 22.9 Å². The third-order valence-corrected chi connectivity index (χ3v) is 3.86. The lowest BCUT2D eigenvalue weighted by Gasteiger charge is -2.16. The fourth-order valence-corrected chi connectivity index (χ4v) is 2.71. The minimum absolute atomic E-state index is 0.479. The maximum Gasteiger partial charge on any atom is 0.405 e. The van der Waals surface area contributed by atoms with Gasteiger partial charge in [-0.25, -0.2) is 9.78 Å². The van der Waals surface area contributed by atoms with E-state index in [1.54, 1.807) is 19.2 Å². The number of rotatable bonds is 3. The smallest absolute Gasteiger partial charge is 0.405 e. The zero-order valence-electron chi connectivity index (χ0n) is 12.3. The number of nitrogens with zero attached hydrogens (tertiary/aromatic N) is 2. The van der Waals surface area contributed by atoms with Gasteiger partial charge >= 0.3 is 6.09 Å². The van der Waals surface area contributed by atoms with Crippen LogP contribution in [0.15, 0.2) is 48.7 Å². The van der Waals surface area contributed by atoms with E-state index in [0.717, 1.165) is 16.6 Å². The normalized spacial score (nSPS) is 12.1. The van der Waals surface area contributed by atoms with Crippen molar-refractivity contribution in [3.05, 3.63) is 59.4 Å². The SMILES string of the molecule is CC(NC(=O)O)c1nc2cccc(Cl)c2cc1-c1ccccn1. The molecule has 0 aliphatic rings. The van der Waals surface area contributed by atoms with Crippen molar-refractivity contribution in [1.82, 2.24) is 15.3 Å². The molecule has 23 heavy (non-hydrogen) atoms. The molecule has 3 aromatic rings. The van der Waals surface area contributed by atoms with Gasteiger partial charge in [0.25, 0.3) is 0 Å². The van der Waals surface area contributed by atoms with E-state index in [-0.39, 0.29) is 0 Å². The molecule has 2 N–H and O–H groups in total. The van der Waals surface area contributed by atoms with Crippen molar-refractivity contribution in [2.24, 2.45) is 0 Å². The molecule has 116 valence electrons. The first-order valence-electron chi connectivity index (χ1n) is 7.06. The predicted octanol–water partition coefficient (Wildman–Crippen LogP) is 4.28. The summed E-state index contributed by atoms with van der Waals surface area (Å²) < 4.78 is 0. The number of hydrogen-bond donors (Lipinski definition) is 2. The number of halogens is 1. The molecule has 0 saturated carbocycles. The van der Waals surface area contributed by atoms with E-state index in [1.165, 1.54) is 0 Å². The number of carbonyl (C=O) groups is 1. The standard InChI is InChI=1S/C17H14ClN3O2/c1-10(20-17(22)23)16-12(14-6-2-3-8-19-14)9-11-13(18)5-4-7-15(11)21-16/h2-10,20H,1H3,(H,22,23). The highest BCUT2D eigenvalue weighted by Crippen LogP contribution is 2.32. The van der Waals surface area contributed by atoms with Gasteiger partial charge < -0.3 is 10.4 Å². The summed E-state index contributed by atoms with van der Waals surface area (Å²) >= 11 is 6.26. The topological polar surface area (TPSA) is 75.1 Å². The van der Waals surface area contributed by atoms with Crippen molar-refractivity contribution in [2.75, 3.05) is 0 Å². The van der Waals surface area contributed by atoms with Gasteiger partial charge in [0.15, 0.2) is 0 Å². The largest absolute Gasteiger partial charge is 0.465 e. The number of pyridine rings is 2. The number of carboxylic acid groups (broad SMARTS) is 1. The van der Waals surface area contributed by atoms with E-state index in [4.69, 9.17) is 16.7 Å². The predicted molar refractivity (Wildman–Crippen MR) is 89.6 cm³/mol. The molecule has 1 amide bonds. The Hall–Kier alpha value is -2.66. The lowest BCUT2D eigenvalue weighted by molar-refractivity contribution is 0.190. The number of fused-ring (bicyclic) bond motifs is 1. The summed E-state index contributed by atoms with van der Waals surface area (Å²) in [6, 6.07) is 12.4. The van der Waals surface area contributed by atoms with Crippen molar-refractivity contribution in [3.8, 4) is 11.3 Å². The molecule has 0 saturated heterocycles. The Labute approximate surface area is 138 Å². The highest BCUT2D eigenvalue weighted by atomic mass is 35.5. The fraction of sp³-hybridized carbons (Fsp3) is 0.118. The van der Waals surface area contributed by atoms with Crippen LogP contribution in [0.3, 0.4) is 0 Å². The Morgan fingerprint density at radius 1 is 1.26 bits per heavy atom. The minimum atomic E-state index is -1.10. The van der Waals surface area contributed by atoms with Crippen LogP contribution in [-0.2, 0) is 0 Å². The van der Waals surface area contributed by atoms with Crippen LogP contribution in [-0.4, -0.2) is 21.2 Å². The van der Waals surface area contributed by atoms with Crippen LogP contribution in [0, 0.1) is 0 Å². The van der Waals surface area contributed by atoms with Gasteiger partial charge in [0.2, 0.25) is 0 Å². The van der Waals surface area contributed by atoms with E-state index in [2.05, 4.69) is 15.3 Å². The van der Waals surface area contributed by atoms with Crippen molar-refractivity contribution < 1.29 is 9.90 Å². The molecule has 6 heteroatoms. The number of nitrogens with one attached hydrogen (secondary N) is 1. The summed E-state index contributed by atoms with van der Waals surface area (Å²) in [4.78, 5) is 19.9. The van der Waals surface area contributed by atoms with E-state index >= 15 is 0 Å². The first-order valence-corrected chi connectivity index (χ1v) is 7.44. The number of benzene rings is 1. The summed E-state index contributed by atoms with van der Waals surface area (Å²) in [7, 11) is 0. The molecule has 0 fully saturated rings. The van der Waals surface area contributed by atoms with Crippen LogP contribution in [0.1, 0.15) is 18.7 Å². The van der Waals surface area contributed by atoms with Crippen LogP contribution < -0.4 is 5.32 Å². The Morgan fingerprint density at radius 2 is 2.09 bits per heavy atom. The number of hydrogen-bond acceptors (Lipinski definition) is 3. The van der Waals surface area contributed by atoms with Crippen LogP contribution >= 0.6 is 11.6 Å². The molecular formula is C17H14ClN3O2. The maximum atomic E-state index is 11.0. The summed E-state index contributed by atoms with van der Waals surface area (Å²) in [5.74, 6) is 0. The maximum absolute atomic E-state index is 11.0. The molecule has 2 aromatic heterocycles. The monoisotopic (exact) mass is 327 g/mol. The molecule has 0 bridgehead atoms. The Balaban J connectivity index is 2.25. The molecule has 1 atom stereocenters. The van der Waals surface area contributed by atoms with Crippen LogP contribution in [0.25, 0.3) is 22.2 Å². The van der Waals surface area contributed by atoms with Gasteiger partial charge in [-0.1, -0.05) is 23.7 Å². The van der Waals surface area contributed by atoms with Gasteiger partial charge in [-0.05, 0) is 37.3 Å². The Morgan fingerprint density at radius 3 is 2.78 bits per heavy atom. The molecule has 2 heterocycles. The molecule has 5 nitrogen and oxygen atoms in total. The Kier molecular flexibility index (Phi) is 4.12. The number of aromatic nitrogens is 2. The second kappa shape index (κ2) is 6.22. The highest BCUT2D eigenvalue weighted by Gasteiger charge is 2.18. The zero-order valence-corrected chi connectivity index (χ0v) is 13.1. The zero-order chi connectivity index (χ0) is 16.4. The van der Waals surface area contributed by atoms with Crippen molar-refractivity contribution in [3.63, 3.8) is 0 Å². The minimum Gasteiger partial charge on any atom is -0.465 e. The molecule has 0 aliphatic carbocycles. The summed E-state index contributed by atoms with van der Waals surface area (Å²) in [6.07, 6.45) is 0.586. The summed E-state index contributed by atoms with van der Waals surface area (Å²) in [5, 5.41) is 12.8. The summed E-state index contributed by atoms with van der Waals surface area (Å²) in [6.45, 7) is 1.75. The van der Waals surface area contributed by atoms with E-state index in [9.17, 15) is 4.79 Å². The fourth-order valence-electron chi connectivity index (χ4n) is 2.49. The van der Waals surface area contributed by atoms with Crippen molar-refractivity contribution in [2.45, 2.75) is 13.0 Å². The third kappa shape index (κ3) is 3.10. The molecule has 0 aliphatic heterocycles. The van der Waals surface area contributed by atoms with Crippen LogP contribution in [0.5, 0.6) is 0 Å². The highest BCUT2D eigenvalue weighted by molar-refractivity contribution is 6.35. The van der Waals surface area contributed by atoms with Crippen molar-refractivity contribution in [1.29, 1.82) is 0 Å². The van der Waals surface area contributed by atoms with Crippen LogP contribution in [0.4, 0.5) is 4.79 Å². The Bertz CT molecular complexity index is 868. The lowest BCUT2D eigenvalue weighted by Crippen LogP contribution is -2.25. The summed E-state index contributed by atoms with van der Waals surface area (Å²) in [5.41, 5.74) is 2.80. The van der Waals surface area contributed by atoms with Gasteiger partial charge in [-0.3, -0.25) is 4.98 Å². The van der Waals surface area contributed by atoms with E-state index < -0.39 is 12.1 Å². The second-order valence-electron chi connectivity index (χ2n) is 5.11. The first kappa shape index (κ1) is 15.2. The average Bonchev–Trinajstić information content (AvgIpc) is 2.54. The van der Waals surface area contributed by atoms with E-state index in [1.807, 2.05) is 36.4 Å². The van der Waals surface area contributed by atoms with Gasteiger partial charge in [0, 0.05) is 22.2 Å². The number of amides is 1. The average molecular weight is 328 g/mol. The van der Waals surface area contributed by atoms with Crippen molar-refractivity contribution >= 4 is 28.6 Å². The molecule has 0 radical (unpaired) electrons. The molecule has 0 spiro atoms. The third-order valence-electron chi connectivity index (χ3n) is 3.53.